The second kappa shape index (κ2) is 11.8. The lowest BCUT2D eigenvalue weighted by Crippen LogP contribution is -2.51. The van der Waals surface area contributed by atoms with Gasteiger partial charge in [0, 0.05) is 13.1 Å². The third-order valence-electron chi connectivity index (χ3n) is 5.42. The molecule has 0 saturated heterocycles. The fourth-order valence-corrected chi connectivity index (χ4v) is 4.42. The van der Waals surface area contributed by atoms with Gasteiger partial charge in [0.05, 0.1) is 11.9 Å². The van der Waals surface area contributed by atoms with E-state index in [2.05, 4.69) is 5.32 Å². The Hall–Kier alpha value is -2.87. The van der Waals surface area contributed by atoms with E-state index in [0.717, 1.165) is 28.1 Å². The Labute approximate surface area is 197 Å². The van der Waals surface area contributed by atoms with E-state index in [1.165, 1.54) is 4.90 Å². The van der Waals surface area contributed by atoms with Gasteiger partial charge >= 0.3 is 0 Å². The molecule has 1 unspecified atom stereocenters. The van der Waals surface area contributed by atoms with Gasteiger partial charge in [-0.2, -0.15) is 0 Å². The van der Waals surface area contributed by atoms with Crippen LogP contribution in [-0.4, -0.2) is 50.5 Å². The average molecular weight is 474 g/mol. The number of carbonyl (C=O) groups is 2. The lowest BCUT2D eigenvalue weighted by Gasteiger charge is -2.32. The van der Waals surface area contributed by atoms with Gasteiger partial charge in [-0.1, -0.05) is 69.3 Å². The van der Waals surface area contributed by atoms with Crippen LogP contribution in [0.15, 0.2) is 54.6 Å². The van der Waals surface area contributed by atoms with Crippen LogP contribution in [0.3, 0.4) is 0 Å². The number of nitrogens with zero attached hydrogens (tertiary/aromatic N) is 2. The molecule has 2 aromatic rings. The molecule has 8 heteroatoms. The molecule has 2 aromatic carbocycles. The van der Waals surface area contributed by atoms with Crippen LogP contribution in [0.1, 0.15) is 51.2 Å². The molecule has 0 aliphatic heterocycles. The number of anilines is 1. The van der Waals surface area contributed by atoms with E-state index in [1.807, 2.05) is 63.2 Å². The predicted octanol–water partition coefficient (Wildman–Crippen LogP) is 3.52. The molecular formula is C25H35N3O4S. The lowest BCUT2D eigenvalue weighted by atomic mass is 10.0. The Balaban J connectivity index is 2.41. The Bertz CT molecular complexity index is 1040. The van der Waals surface area contributed by atoms with E-state index >= 15 is 0 Å². The van der Waals surface area contributed by atoms with Crippen LogP contribution in [0.2, 0.25) is 0 Å². The molecule has 0 heterocycles. The minimum absolute atomic E-state index is 0.0692. The third-order valence-corrected chi connectivity index (χ3v) is 6.55. The van der Waals surface area contributed by atoms with E-state index in [-0.39, 0.29) is 24.9 Å². The maximum atomic E-state index is 13.5. The van der Waals surface area contributed by atoms with Crippen LogP contribution in [0, 0.1) is 0 Å². The van der Waals surface area contributed by atoms with E-state index in [9.17, 15) is 18.0 Å². The summed E-state index contributed by atoms with van der Waals surface area (Å²) in [6.45, 7) is 7.89. The highest BCUT2D eigenvalue weighted by Gasteiger charge is 2.30. The SMILES string of the molecule is CCCNC(=O)C(C)N(Cc1ccccc1)C(=O)CN(c1ccccc1C(C)C)S(C)(=O)=O. The summed E-state index contributed by atoms with van der Waals surface area (Å²) in [6.07, 6.45) is 1.87. The Morgan fingerprint density at radius 2 is 1.58 bits per heavy atom. The molecule has 0 bridgehead atoms. The van der Waals surface area contributed by atoms with Gasteiger partial charge in [0.2, 0.25) is 21.8 Å². The summed E-state index contributed by atoms with van der Waals surface area (Å²) in [5.74, 6) is -0.642. The largest absolute Gasteiger partial charge is 0.354 e. The summed E-state index contributed by atoms with van der Waals surface area (Å²) >= 11 is 0. The number of hydrogen-bond donors (Lipinski definition) is 1. The van der Waals surface area contributed by atoms with Crippen LogP contribution < -0.4 is 9.62 Å². The molecule has 0 radical (unpaired) electrons. The van der Waals surface area contributed by atoms with Gasteiger partial charge in [0.25, 0.3) is 0 Å². The maximum Gasteiger partial charge on any atom is 0.244 e. The monoisotopic (exact) mass is 473 g/mol. The highest BCUT2D eigenvalue weighted by molar-refractivity contribution is 7.92. The molecule has 180 valence electrons. The minimum atomic E-state index is -3.75. The minimum Gasteiger partial charge on any atom is -0.354 e. The standard InChI is InChI=1S/C25H35N3O4S/c1-6-16-26-25(30)20(4)27(17-21-12-8-7-9-13-21)24(29)18-28(33(5,31)32)23-15-11-10-14-22(23)19(2)3/h7-15,19-20H,6,16-18H2,1-5H3,(H,26,30). The molecule has 1 atom stereocenters. The van der Waals surface area contributed by atoms with Crippen molar-refractivity contribution in [2.24, 2.45) is 0 Å². The number of sulfonamides is 1. The molecule has 0 spiro atoms. The van der Waals surface area contributed by atoms with Crippen molar-refractivity contribution in [2.45, 2.75) is 52.6 Å². The number of para-hydroxylation sites is 1. The molecule has 0 aromatic heterocycles. The molecule has 1 N–H and O–H groups in total. The zero-order chi connectivity index (χ0) is 24.6. The Kier molecular flexibility index (Phi) is 9.46. The normalized spacial score (nSPS) is 12.3. The highest BCUT2D eigenvalue weighted by Crippen LogP contribution is 2.29. The summed E-state index contributed by atoms with van der Waals surface area (Å²) in [4.78, 5) is 27.7. The van der Waals surface area contributed by atoms with Gasteiger partial charge in [-0.3, -0.25) is 13.9 Å². The third kappa shape index (κ3) is 7.32. The van der Waals surface area contributed by atoms with Gasteiger partial charge in [0.1, 0.15) is 12.6 Å². The quantitative estimate of drug-likeness (QED) is 0.541. The zero-order valence-corrected chi connectivity index (χ0v) is 20.9. The summed E-state index contributed by atoms with van der Waals surface area (Å²) < 4.78 is 26.6. The van der Waals surface area contributed by atoms with Crippen molar-refractivity contribution < 1.29 is 18.0 Å². The van der Waals surface area contributed by atoms with Crippen molar-refractivity contribution in [2.75, 3.05) is 23.7 Å². The fraction of sp³-hybridized carbons (Fsp3) is 0.440. The van der Waals surface area contributed by atoms with Crippen molar-refractivity contribution >= 4 is 27.5 Å². The van der Waals surface area contributed by atoms with Crippen molar-refractivity contribution in [1.82, 2.24) is 10.2 Å². The predicted molar refractivity (Wildman–Crippen MR) is 132 cm³/mol. The van der Waals surface area contributed by atoms with Crippen molar-refractivity contribution in [3.05, 3.63) is 65.7 Å². The first-order valence-corrected chi connectivity index (χ1v) is 13.1. The summed E-state index contributed by atoms with van der Waals surface area (Å²) in [5, 5.41) is 2.83. The van der Waals surface area contributed by atoms with Crippen molar-refractivity contribution in [3.8, 4) is 0 Å². The lowest BCUT2D eigenvalue weighted by molar-refractivity contribution is -0.139. The van der Waals surface area contributed by atoms with Gasteiger partial charge in [0.15, 0.2) is 0 Å². The first-order chi connectivity index (χ1) is 15.6. The molecule has 33 heavy (non-hydrogen) atoms. The molecular weight excluding hydrogens is 438 g/mol. The topological polar surface area (TPSA) is 86.8 Å². The van der Waals surface area contributed by atoms with E-state index in [4.69, 9.17) is 0 Å². The van der Waals surface area contributed by atoms with E-state index in [1.54, 1.807) is 19.1 Å². The maximum absolute atomic E-state index is 13.5. The van der Waals surface area contributed by atoms with Crippen LogP contribution in [0.5, 0.6) is 0 Å². The van der Waals surface area contributed by atoms with E-state index in [0.29, 0.717) is 12.2 Å². The average Bonchev–Trinajstić information content (AvgIpc) is 2.78. The number of hydrogen-bond acceptors (Lipinski definition) is 4. The Morgan fingerprint density at radius 1 is 0.970 bits per heavy atom. The van der Waals surface area contributed by atoms with Gasteiger partial charge in [-0.05, 0) is 36.5 Å². The van der Waals surface area contributed by atoms with Gasteiger partial charge < -0.3 is 10.2 Å². The molecule has 2 amide bonds. The smallest absolute Gasteiger partial charge is 0.244 e. The molecule has 2 rings (SSSR count). The van der Waals surface area contributed by atoms with Crippen molar-refractivity contribution in [3.63, 3.8) is 0 Å². The number of amides is 2. The molecule has 7 nitrogen and oxygen atoms in total. The molecule has 0 aliphatic rings. The number of carbonyl (C=O) groups excluding carboxylic acids is 2. The summed E-state index contributed by atoms with van der Waals surface area (Å²) in [5.41, 5.74) is 2.17. The second-order valence-electron chi connectivity index (χ2n) is 8.46. The van der Waals surface area contributed by atoms with Crippen LogP contribution in [-0.2, 0) is 26.2 Å². The van der Waals surface area contributed by atoms with Crippen LogP contribution >= 0.6 is 0 Å². The first-order valence-electron chi connectivity index (χ1n) is 11.2. The summed E-state index contributed by atoms with van der Waals surface area (Å²) in [7, 11) is -3.75. The highest BCUT2D eigenvalue weighted by atomic mass is 32.2. The number of rotatable bonds is 11. The summed E-state index contributed by atoms with van der Waals surface area (Å²) in [6, 6.07) is 15.8. The van der Waals surface area contributed by atoms with Gasteiger partial charge in [-0.25, -0.2) is 8.42 Å². The van der Waals surface area contributed by atoms with Crippen LogP contribution in [0.4, 0.5) is 5.69 Å². The molecule has 0 aliphatic carbocycles. The van der Waals surface area contributed by atoms with Crippen LogP contribution in [0.25, 0.3) is 0 Å². The fourth-order valence-electron chi connectivity index (χ4n) is 3.56. The van der Waals surface area contributed by atoms with Crippen molar-refractivity contribution in [1.29, 1.82) is 0 Å². The first kappa shape index (κ1) is 26.4. The second-order valence-corrected chi connectivity index (χ2v) is 10.4. The molecule has 0 fully saturated rings. The Morgan fingerprint density at radius 3 is 2.15 bits per heavy atom. The zero-order valence-electron chi connectivity index (χ0n) is 20.1. The van der Waals surface area contributed by atoms with Gasteiger partial charge in [-0.15, -0.1) is 0 Å². The van der Waals surface area contributed by atoms with E-state index < -0.39 is 22.0 Å². The molecule has 0 saturated carbocycles. The number of nitrogens with one attached hydrogen (secondary N) is 1. The number of benzene rings is 2.